The zero-order valence-corrected chi connectivity index (χ0v) is 11.7. The minimum Gasteiger partial charge on any atom is -0.323 e. The number of aryl methyl sites for hydroxylation is 2. The van der Waals surface area contributed by atoms with Crippen LogP contribution in [0.3, 0.4) is 0 Å². The van der Waals surface area contributed by atoms with Gasteiger partial charge in [-0.2, -0.15) is 5.10 Å². The Morgan fingerprint density at radius 3 is 2.84 bits per heavy atom. The van der Waals surface area contributed by atoms with Crippen molar-refractivity contribution in [2.75, 3.05) is 13.6 Å². The summed E-state index contributed by atoms with van der Waals surface area (Å²) in [6, 6.07) is 6.06. The fourth-order valence-corrected chi connectivity index (χ4v) is 2.10. The van der Waals surface area contributed by atoms with Crippen LogP contribution in [-0.4, -0.2) is 33.3 Å². The fourth-order valence-electron chi connectivity index (χ4n) is 2.10. The molecule has 0 fully saturated rings. The first-order valence-corrected chi connectivity index (χ1v) is 6.40. The van der Waals surface area contributed by atoms with E-state index in [2.05, 4.69) is 22.0 Å². The van der Waals surface area contributed by atoms with E-state index < -0.39 is 0 Å². The normalized spacial score (nSPS) is 12.9. The Kier molecular flexibility index (Phi) is 4.29. The molecule has 2 N–H and O–H groups in total. The molecule has 19 heavy (non-hydrogen) atoms. The van der Waals surface area contributed by atoms with E-state index in [0.717, 1.165) is 30.0 Å². The Morgan fingerprint density at radius 1 is 1.42 bits per heavy atom. The number of likely N-dealkylation sites (N-methyl/N-ethyl adjacent to an activating group) is 1. The number of hydrogen-bond donors (Lipinski definition) is 1. The van der Waals surface area contributed by atoms with Gasteiger partial charge in [0.25, 0.3) is 0 Å². The number of pyridine rings is 1. The first-order chi connectivity index (χ1) is 9.04. The third-order valence-electron chi connectivity index (χ3n) is 3.04. The van der Waals surface area contributed by atoms with Crippen LogP contribution in [0, 0.1) is 6.92 Å². The Bertz CT molecular complexity index is 534. The fraction of sp³-hybridized carbons (Fsp3) is 0.429. The van der Waals surface area contributed by atoms with E-state index in [4.69, 9.17) is 5.73 Å². The summed E-state index contributed by atoms with van der Waals surface area (Å²) in [5.41, 5.74) is 9.35. The molecule has 0 aliphatic carbocycles. The van der Waals surface area contributed by atoms with Crippen molar-refractivity contribution in [1.82, 2.24) is 19.7 Å². The Labute approximate surface area is 114 Å². The molecule has 2 aromatic heterocycles. The molecular formula is C14H21N5. The number of aromatic nitrogens is 3. The smallest absolute Gasteiger partial charge is 0.0547 e. The van der Waals surface area contributed by atoms with Crippen molar-refractivity contribution in [3.05, 3.63) is 47.5 Å². The maximum absolute atomic E-state index is 6.18. The lowest BCUT2D eigenvalue weighted by atomic mass is 10.1. The lowest BCUT2D eigenvalue weighted by Crippen LogP contribution is -2.28. The van der Waals surface area contributed by atoms with E-state index in [1.54, 1.807) is 4.68 Å². The van der Waals surface area contributed by atoms with Crippen molar-refractivity contribution < 1.29 is 0 Å². The Morgan fingerprint density at radius 2 is 2.21 bits per heavy atom. The highest BCUT2D eigenvalue weighted by Gasteiger charge is 2.11. The summed E-state index contributed by atoms with van der Waals surface area (Å²) in [5, 5.41) is 4.15. The first-order valence-electron chi connectivity index (χ1n) is 6.40. The number of rotatable bonds is 5. The van der Waals surface area contributed by atoms with Crippen LogP contribution in [-0.2, 0) is 13.6 Å². The quantitative estimate of drug-likeness (QED) is 0.878. The molecule has 1 atom stereocenters. The summed E-state index contributed by atoms with van der Waals surface area (Å²) in [4.78, 5) is 6.68. The molecule has 5 heteroatoms. The third-order valence-corrected chi connectivity index (χ3v) is 3.04. The van der Waals surface area contributed by atoms with Gasteiger partial charge in [-0.05, 0) is 26.1 Å². The van der Waals surface area contributed by atoms with Crippen LogP contribution in [0.5, 0.6) is 0 Å². The average molecular weight is 259 g/mol. The van der Waals surface area contributed by atoms with Gasteiger partial charge >= 0.3 is 0 Å². The average Bonchev–Trinajstić information content (AvgIpc) is 2.75. The van der Waals surface area contributed by atoms with E-state index in [9.17, 15) is 0 Å². The van der Waals surface area contributed by atoms with Crippen molar-refractivity contribution in [2.45, 2.75) is 19.5 Å². The maximum atomic E-state index is 6.18. The second kappa shape index (κ2) is 5.95. The molecule has 2 heterocycles. The van der Waals surface area contributed by atoms with E-state index in [0.29, 0.717) is 0 Å². The minimum atomic E-state index is -0.0245. The summed E-state index contributed by atoms with van der Waals surface area (Å²) in [7, 11) is 3.96. The van der Waals surface area contributed by atoms with Gasteiger partial charge in [0.05, 0.1) is 11.9 Å². The van der Waals surface area contributed by atoms with Gasteiger partial charge in [-0.1, -0.05) is 6.07 Å². The van der Waals surface area contributed by atoms with Gasteiger partial charge in [-0.3, -0.25) is 14.6 Å². The van der Waals surface area contributed by atoms with Crippen LogP contribution in [0.4, 0.5) is 0 Å². The lowest BCUT2D eigenvalue weighted by molar-refractivity contribution is 0.301. The van der Waals surface area contributed by atoms with Crippen molar-refractivity contribution in [1.29, 1.82) is 0 Å². The maximum Gasteiger partial charge on any atom is 0.0547 e. The number of hydrogen-bond acceptors (Lipinski definition) is 4. The van der Waals surface area contributed by atoms with Crippen LogP contribution in [0.15, 0.2) is 30.6 Å². The zero-order chi connectivity index (χ0) is 13.8. The molecule has 1 unspecified atom stereocenters. The topological polar surface area (TPSA) is 60.0 Å². The molecule has 0 spiro atoms. The van der Waals surface area contributed by atoms with Gasteiger partial charge in [0, 0.05) is 43.6 Å². The molecule has 5 nitrogen and oxygen atoms in total. The van der Waals surface area contributed by atoms with Gasteiger partial charge in [-0.15, -0.1) is 0 Å². The summed E-state index contributed by atoms with van der Waals surface area (Å²) in [5.74, 6) is 0. The molecule has 0 aliphatic heterocycles. The second-order valence-electron chi connectivity index (χ2n) is 5.02. The molecule has 0 amide bonds. The molecule has 0 bridgehead atoms. The predicted octanol–water partition coefficient (Wildman–Crippen LogP) is 1.26. The summed E-state index contributed by atoms with van der Waals surface area (Å²) in [6.07, 6.45) is 3.78. The van der Waals surface area contributed by atoms with Crippen molar-refractivity contribution in [2.24, 2.45) is 12.8 Å². The predicted molar refractivity (Wildman–Crippen MR) is 75.4 cm³/mol. The highest BCUT2D eigenvalue weighted by atomic mass is 15.2. The highest BCUT2D eigenvalue weighted by Crippen LogP contribution is 2.11. The van der Waals surface area contributed by atoms with Gasteiger partial charge in [0.15, 0.2) is 0 Å². The second-order valence-corrected chi connectivity index (χ2v) is 5.02. The monoisotopic (exact) mass is 259 g/mol. The lowest BCUT2D eigenvalue weighted by Gasteiger charge is -2.20. The molecule has 102 valence electrons. The van der Waals surface area contributed by atoms with Gasteiger partial charge in [0.1, 0.15) is 0 Å². The first kappa shape index (κ1) is 13.7. The molecule has 0 radical (unpaired) electrons. The Balaban J connectivity index is 1.92. The molecule has 0 aromatic carbocycles. The minimum absolute atomic E-state index is 0.0245. The van der Waals surface area contributed by atoms with E-state index >= 15 is 0 Å². The van der Waals surface area contributed by atoms with Gasteiger partial charge in [-0.25, -0.2) is 0 Å². The van der Waals surface area contributed by atoms with E-state index in [-0.39, 0.29) is 6.04 Å². The largest absolute Gasteiger partial charge is 0.323 e. The van der Waals surface area contributed by atoms with Crippen LogP contribution < -0.4 is 5.73 Å². The third kappa shape index (κ3) is 3.87. The molecule has 0 saturated carbocycles. The Hall–Kier alpha value is -1.72. The van der Waals surface area contributed by atoms with Gasteiger partial charge < -0.3 is 5.73 Å². The molecule has 2 aromatic rings. The summed E-state index contributed by atoms with van der Waals surface area (Å²) in [6.45, 7) is 3.59. The van der Waals surface area contributed by atoms with Crippen LogP contribution in [0.1, 0.15) is 23.0 Å². The molecule has 0 aliphatic rings. The van der Waals surface area contributed by atoms with Gasteiger partial charge in [0.2, 0.25) is 0 Å². The van der Waals surface area contributed by atoms with E-state index in [1.807, 2.05) is 44.6 Å². The van der Waals surface area contributed by atoms with E-state index in [1.165, 1.54) is 0 Å². The SMILES string of the molecule is Cc1cccc(CN(C)CC(N)c2cnn(C)c2)n1. The summed E-state index contributed by atoms with van der Waals surface area (Å²) < 4.78 is 1.78. The van der Waals surface area contributed by atoms with Crippen LogP contribution >= 0.6 is 0 Å². The van der Waals surface area contributed by atoms with Crippen molar-refractivity contribution >= 4 is 0 Å². The standard InChI is InChI=1S/C14H21N5/c1-11-5-4-6-13(17-11)9-18(2)10-14(15)12-7-16-19(3)8-12/h4-8,14H,9-10,15H2,1-3H3. The zero-order valence-electron chi connectivity index (χ0n) is 11.7. The van der Waals surface area contributed by atoms with Crippen molar-refractivity contribution in [3.63, 3.8) is 0 Å². The molecular weight excluding hydrogens is 238 g/mol. The molecule has 0 saturated heterocycles. The molecule has 2 rings (SSSR count). The summed E-state index contributed by atoms with van der Waals surface area (Å²) >= 11 is 0. The number of nitrogens with zero attached hydrogens (tertiary/aromatic N) is 4. The highest BCUT2D eigenvalue weighted by molar-refractivity contribution is 5.11. The van der Waals surface area contributed by atoms with Crippen LogP contribution in [0.2, 0.25) is 0 Å². The van der Waals surface area contributed by atoms with Crippen molar-refractivity contribution in [3.8, 4) is 0 Å². The van der Waals surface area contributed by atoms with Crippen LogP contribution in [0.25, 0.3) is 0 Å². The number of nitrogens with two attached hydrogens (primary N) is 1.